The summed E-state index contributed by atoms with van der Waals surface area (Å²) in [4.78, 5) is 20.6. The smallest absolute Gasteiger partial charge is 0.312 e. The van der Waals surface area contributed by atoms with Gasteiger partial charge in [0, 0.05) is 12.1 Å². The van der Waals surface area contributed by atoms with Crippen LogP contribution >= 0.6 is 0 Å². The van der Waals surface area contributed by atoms with Crippen LogP contribution in [0, 0.1) is 0 Å². The second kappa shape index (κ2) is 9.31. The summed E-state index contributed by atoms with van der Waals surface area (Å²) in [7, 11) is 0. The molecule has 0 aromatic heterocycles. The van der Waals surface area contributed by atoms with Gasteiger partial charge in [-0.05, 0) is 13.3 Å². The normalized spacial score (nSPS) is 9.64. The fourth-order valence-corrected chi connectivity index (χ4v) is 0.585. The minimum absolute atomic E-state index is 0.417. The number of hydrogen-bond donors (Lipinski definition) is 3. The van der Waals surface area contributed by atoms with Crippen LogP contribution in [0.25, 0.3) is 0 Å². The van der Waals surface area contributed by atoms with E-state index in [1.54, 1.807) is 13.0 Å². The van der Waals surface area contributed by atoms with E-state index in [-0.39, 0.29) is 0 Å². The monoisotopic (exact) mass is 199 g/mol. The van der Waals surface area contributed by atoms with Crippen LogP contribution in [0.15, 0.2) is 24.8 Å². The van der Waals surface area contributed by atoms with Crippen molar-refractivity contribution in [2.45, 2.75) is 13.3 Å². The number of hydrogen-bond acceptors (Lipinski definition) is 2. The van der Waals surface area contributed by atoms with Crippen LogP contribution in [0.5, 0.6) is 0 Å². The lowest BCUT2D eigenvalue weighted by Gasteiger charge is -1.97. The minimum Gasteiger partial charge on any atom is -0.366 e. The van der Waals surface area contributed by atoms with Gasteiger partial charge in [-0.25, -0.2) is 4.79 Å². The van der Waals surface area contributed by atoms with Crippen LogP contribution in [0.3, 0.4) is 0 Å². The van der Waals surface area contributed by atoms with E-state index in [1.165, 1.54) is 0 Å². The molecule has 0 aliphatic rings. The first-order chi connectivity index (χ1) is 6.54. The number of primary amides is 2. The van der Waals surface area contributed by atoms with E-state index in [2.05, 4.69) is 18.5 Å². The SMILES string of the molecule is C=C.CC(=CCCNC(N)=O)C(N)=O. The third kappa shape index (κ3) is 10.2. The summed E-state index contributed by atoms with van der Waals surface area (Å²) in [5.74, 6) is -0.450. The molecule has 0 heterocycles. The zero-order chi connectivity index (χ0) is 11.6. The number of rotatable bonds is 4. The Bertz CT molecular complexity index is 224. The Balaban J connectivity index is 0. The van der Waals surface area contributed by atoms with Crippen LogP contribution in [0.2, 0.25) is 0 Å². The van der Waals surface area contributed by atoms with Crippen LogP contribution in [-0.2, 0) is 4.79 Å². The first kappa shape index (κ1) is 14.7. The van der Waals surface area contributed by atoms with Gasteiger partial charge in [0.15, 0.2) is 0 Å². The Morgan fingerprint density at radius 1 is 1.36 bits per heavy atom. The summed E-state index contributed by atoms with van der Waals surface area (Å²) in [5.41, 5.74) is 10.3. The molecule has 0 radical (unpaired) electrons. The topological polar surface area (TPSA) is 98.2 Å². The highest BCUT2D eigenvalue weighted by atomic mass is 16.2. The maximum Gasteiger partial charge on any atom is 0.312 e. The lowest BCUT2D eigenvalue weighted by molar-refractivity contribution is -0.114. The summed E-state index contributed by atoms with van der Waals surface area (Å²) in [5, 5.41) is 2.38. The lowest BCUT2D eigenvalue weighted by atomic mass is 10.2. The Morgan fingerprint density at radius 3 is 2.21 bits per heavy atom. The van der Waals surface area contributed by atoms with Crippen molar-refractivity contribution < 1.29 is 9.59 Å². The van der Waals surface area contributed by atoms with Crippen molar-refractivity contribution in [3.05, 3.63) is 24.8 Å². The molecule has 0 unspecified atom stereocenters. The highest BCUT2D eigenvalue weighted by Gasteiger charge is 1.95. The number of amides is 3. The number of urea groups is 1. The maximum absolute atomic E-state index is 10.5. The van der Waals surface area contributed by atoms with E-state index in [0.29, 0.717) is 18.5 Å². The van der Waals surface area contributed by atoms with E-state index in [1.807, 2.05) is 0 Å². The van der Waals surface area contributed by atoms with Gasteiger partial charge in [-0.2, -0.15) is 0 Å². The highest BCUT2D eigenvalue weighted by Crippen LogP contribution is 1.92. The summed E-state index contributed by atoms with van der Waals surface area (Å²) in [6, 6.07) is -0.569. The Hall–Kier alpha value is -1.78. The van der Waals surface area contributed by atoms with Crippen molar-refractivity contribution in [2.75, 3.05) is 6.54 Å². The van der Waals surface area contributed by atoms with Gasteiger partial charge < -0.3 is 16.8 Å². The fourth-order valence-electron chi connectivity index (χ4n) is 0.585. The molecule has 14 heavy (non-hydrogen) atoms. The van der Waals surface area contributed by atoms with Gasteiger partial charge in [-0.1, -0.05) is 6.08 Å². The van der Waals surface area contributed by atoms with Crippen molar-refractivity contribution in [3.63, 3.8) is 0 Å². The third-order valence-electron chi connectivity index (χ3n) is 1.28. The number of nitrogens with one attached hydrogen (secondary N) is 1. The number of carbonyl (C=O) groups excluding carboxylic acids is 2. The summed E-state index contributed by atoms with van der Waals surface area (Å²) >= 11 is 0. The standard InChI is InChI=1S/C7H13N3O2.C2H4/c1-5(6(8)11)3-2-4-10-7(9)12;1-2/h3H,2,4H2,1H3,(H2,8,11)(H3,9,10,12);1-2H2. The molecular weight excluding hydrogens is 182 g/mol. The maximum atomic E-state index is 10.5. The van der Waals surface area contributed by atoms with E-state index in [0.717, 1.165) is 0 Å². The molecule has 0 atom stereocenters. The van der Waals surface area contributed by atoms with Crippen molar-refractivity contribution in [1.29, 1.82) is 0 Å². The first-order valence-electron chi connectivity index (χ1n) is 4.04. The van der Waals surface area contributed by atoms with Crippen LogP contribution < -0.4 is 16.8 Å². The van der Waals surface area contributed by atoms with E-state index < -0.39 is 11.9 Å². The average Bonchev–Trinajstić information content (AvgIpc) is 2.15. The Kier molecular flexibility index (Phi) is 9.79. The largest absolute Gasteiger partial charge is 0.366 e. The molecule has 3 amide bonds. The zero-order valence-corrected chi connectivity index (χ0v) is 8.38. The molecule has 80 valence electrons. The number of carbonyl (C=O) groups is 2. The first-order valence-corrected chi connectivity index (χ1v) is 4.04. The molecular formula is C9H17N3O2. The van der Waals surface area contributed by atoms with Gasteiger partial charge in [0.2, 0.25) is 5.91 Å². The third-order valence-corrected chi connectivity index (χ3v) is 1.28. The van der Waals surface area contributed by atoms with Gasteiger partial charge in [0.1, 0.15) is 0 Å². The molecule has 0 aromatic carbocycles. The van der Waals surface area contributed by atoms with Gasteiger partial charge in [-0.15, -0.1) is 13.2 Å². The molecule has 0 fully saturated rings. The fraction of sp³-hybridized carbons (Fsp3) is 0.333. The molecule has 5 nitrogen and oxygen atoms in total. The molecule has 0 rings (SSSR count). The summed E-state index contributed by atoms with van der Waals surface area (Å²) in [6.45, 7) is 8.03. The van der Waals surface area contributed by atoms with Crippen LogP contribution in [0.4, 0.5) is 4.79 Å². The second-order valence-corrected chi connectivity index (χ2v) is 2.33. The van der Waals surface area contributed by atoms with E-state index in [9.17, 15) is 9.59 Å². The van der Waals surface area contributed by atoms with E-state index >= 15 is 0 Å². The van der Waals surface area contributed by atoms with Crippen molar-refractivity contribution >= 4 is 11.9 Å². The minimum atomic E-state index is -0.569. The lowest BCUT2D eigenvalue weighted by Crippen LogP contribution is -2.29. The molecule has 0 saturated carbocycles. The van der Waals surface area contributed by atoms with Gasteiger partial charge in [-0.3, -0.25) is 4.79 Å². The Morgan fingerprint density at radius 2 is 1.86 bits per heavy atom. The molecule has 0 aromatic rings. The second-order valence-electron chi connectivity index (χ2n) is 2.33. The van der Waals surface area contributed by atoms with Gasteiger partial charge in [0.05, 0.1) is 0 Å². The quantitative estimate of drug-likeness (QED) is 0.344. The van der Waals surface area contributed by atoms with Crippen LogP contribution in [-0.4, -0.2) is 18.5 Å². The molecule has 0 aliphatic carbocycles. The number of nitrogens with two attached hydrogens (primary N) is 2. The highest BCUT2D eigenvalue weighted by molar-refractivity contribution is 5.91. The molecule has 0 aliphatic heterocycles. The summed E-state index contributed by atoms with van der Waals surface area (Å²) in [6.07, 6.45) is 2.20. The van der Waals surface area contributed by atoms with Crippen molar-refractivity contribution in [3.8, 4) is 0 Å². The van der Waals surface area contributed by atoms with Crippen molar-refractivity contribution in [1.82, 2.24) is 5.32 Å². The molecule has 5 heteroatoms. The van der Waals surface area contributed by atoms with Crippen LogP contribution in [0.1, 0.15) is 13.3 Å². The van der Waals surface area contributed by atoms with Gasteiger partial charge >= 0.3 is 6.03 Å². The molecule has 5 N–H and O–H groups in total. The Labute approximate surface area is 83.8 Å². The average molecular weight is 199 g/mol. The predicted molar refractivity (Wildman–Crippen MR) is 56.4 cm³/mol. The predicted octanol–water partition coefficient (Wildman–Crippen LogP) is 0.279. The molecule has 0 spiro atoms. The zero-order valence-electron chi connectivity index (χ0n) is 8.38. The molecule has 0 saturated heterocycles. The summed E-state index contributed by atoms with van der Waals surface area (Å²) < 4.78 is 0. The van der Waals surface area contributed by atoms with Gasteiger partial charge in [0.25, 0.3) is 0 Å². The van der Waals surface area contributed by atoms with Crippen molar-refractivity contribution in [2.24, 2.45) is 11.5 Å². The van der Waals surface area contributed by atoms with E-state index in [4.69, 9.17) is 11.5 Å². The molecule has 0 bridgehead atoms.